The standard InChI is InChI=1S/C16H21NO4/c1-6-21-16(19)14-10-13(17(4)12(14)3)8-7-11(2)9-15(18)20-5/h7-10H,6H2,1-5H3/b8-7+,11-9+. The SMILES string of the molecule is CCOC(=O)c1cc(/C=C/C(C)=C/C(=O)OC)n(C)c1C. The summed E-state index contributed by atoms with van der Waals surface area (Å²) in [5.41, 5.74) is 3.00. The van der Waals surface area contributed by atoms with E-state index in [1.807, 2.05) is 24.6 Å². The number of ether oxygens (including phenoxy) is 2. The summed E-state index contributed by atoms with van der Waals surface area (Å²) in [4.78, 5) is 22.9. The lowest BCUT2D eigenvalue weighted by Crippen LogP contribution is -2.06. The molecule has 0 aliphatic carbocycles. The zero-order chi connectivity index (χ0) is 16.0. The largest absolute Gasteiger partial charge is 0.466 e. The van der Waals surface area contributed by atoms with E-state index in [0.717, 1.165) is 17.0 Å². The number of allylic oxidation sites excluding steroid dienone is 2. The summed E-state index contributed by atoms with van der Waals surface area (Å²) < 4.78 is 11.5. The van der Waals surface area contributed by atoms with Crippen LogP contribution in [0, 0.1) is 6.92 Å². The molecule has 0 fully saturated rings. The van der Waals surface area contributed by atoms with E-state index in [-0.39, 0.29) is 5.97 Å². The van der Waals surface area contributed by atoms with E-state index in [4.69, 9.17) is 4.74 Å². The molecule has 0 aliphatic heterocycles. The molecule has 1 heterocycles. The minimum atomic E-state index is -0.396. The first kappa shape index (κ1) is 16.8. The van der Waals surface area contributed by atoms with Crippen molar-refractivity contribution in [3.05, 3.63) is 40.7 Å². The van der Waals surface area contributed by atoms with Crippen molar-refractivity contribution in [3.63, 3.8) is 0 Å². The third-order valence-corrected chi connectivity index (χ3v) is 3.13. The fraction of sp³-hybridized carbons (Fsp3) is 0.375. The van der Waals surface area contributed by atoms with Crippen molar-refractivity contribution in [2.45, 2.75) is 20.8 Å². The summed E-state index contributed by atoms with van der Waals surface area (Å²) in [6.07, 6.45) is 5.03. The molecule has 0 radical (unpaired) electrons. The molecule has 0 N–H and O–H groups in total. The van der Waals surface area contributed by atoms with Crippen molar-refractivity contribution in [1.29, 1.82) is 0 Å². The Morgan fingerprint density at radius 1 is 1.38 bits per heavy atom. The van der Waals surface area contributed by atoms with Gasteiger partial charge in [-0.15, -0.1) is 0 Å². The van der Waals surface area contributed by atoms with Crippen LogP contribution in [0.1, 0.15) is 35.6 Å². The minimum Gasteiger partial charge on any atom is -0.466 e. The van der Waals surface area contributed by atoms with E-state index < -0.39 is 5.97 Å². The first-order valence-corrected chi connectivity index (χ1v) is 6.68. The van der Waals surface area contributed by atoms with Gasteiger partial charge < -0.3 is 14.0 Å². The Morgan fingerprint density at radius 2 is 2.05 bits per heavy atom. The topological polar surface area (TPSA) is 57.5 Å². The molecular formula is C16H21NO4. The summed E-state index contributed by atoms with van der Waals surface area (Å²) in [6.45, 7) is 5.79. The molecule has 21 heavy (non-hydrogen) atoms. The van der Waals surface area contributed by atoms with Gasteiger partial charge >= 0.3 is 11.9 Å². The average molecular weight is 291 g/mol. The van der Waals surface area contributed by atoms with Crippen molar-refractivity contribution >= 4 is 18.0 Å². The van der Waals surface area contributed by atoms with Crippen LogP contribution in [0.4, 0.5) is 0 Å². The van der Waals surface area contributed by atoms with Gasteiger partial charge in [0.15, 0.2) is 0 Å². The molecule has 0 amide bonds. The third kappa shape index (κ3) is 4.34. The summed E-state index contributed by atoms with van der Waals surface area (Å²) >= 11 is 0. The Labute approximate surface area is 124 Å². The number of carbonyl (C=O) groups excluding carboxylic acids is 2. The van der Waals surface area contributed by atoms with Gasteiger partial charge in [0.25, 0.3) is 0 Å². The van der Waals surface area contributed by atoms with Gasteiger partial charge in [0.2, 0.25) is 0 Å². The summed E-state index contributed by atoms with van der Waals surface area (Å²) in [7, 11) is 3.21. The molecular weight excluding hydrogens is 270 g/mol. The van der Waals surface area contributed by atoms with Gasteiger partial charge in [-0.05, 0) is 38.5 Å². The van der Waals surface area contributed by atoms with Crippen molar-refractivity contribution in [2.75, 3.05) is 13.7 Å². The molecule has 5 nitrogen and oxygen atoms in total. The van der Waals surface area contributed by atoms with Crippen LogP contribution in [0.2, 0.25) is 0 Å². The molecule has 5 heteroatoms. The highest BCUT2D eigenvalue weighted by atomic mass is 16.5. The van der Waals surface area contributed by atoms with Gasteiger partial charge in [0.1, 0.15) is 0 Å². The third-order valence-electron chi connectivity index (χ3n) is 3.13. The molecule has 0 bridgehead atoms. The van der Waals surface area contributed by atoms with Crippen molar-refractivity contribution in [3.8, 4) is 0 Å². The van der Waals surface area contributed by atoms with E-state index in [9.17, 15) is 9.59 Å². The van der Waals surface area contributed by atoms with Crippen LogP contribution >= 0.6 is 0 Å². The molecule has 0 saturated heterocycles. The molecule has 0 saturated carbocycles. The second-order valence-electron chi connectivity index (χ2n) is 4.59. The maximum atomic E-state index is 11.8. The highest BCUT2D eigenvalue weighted by Gasteiger charge is 2.15. The number of nitrogens with zero attached hydrogens (tertiary/aromatic N) is 1. The number of rotatable bonds is 5. The Hall–Kier alpha value is -2.30. The average Bonchev–Trinajstić information content (AvgIpc) is 2.73. The first-order chi connectivity index (χ1) is 9.90. The summed E-state index contributed by atoms with van der Waals surface area (Å²) in [5, 5.41) is 0. The van der Waals surface area contributed by atoms with Crippen molar-refractivity contribution < 1.29 is 19.1 Å². The number of aromatic nitrogens is 1. The van der Waals surface area contributed by atoms with Crippen LogP contribution in [-0.2, 0) is 21.3 Å². The van der Waals surface area contributed by atoms with Crippen LogP contribution in [-0.4, -0.2) is 30.2 Å². The normalized spacial score (nSPS) is 11.8. The lowest BCUT2D eigenvalue weighted by atomic mass is 10.2. The highest BCUT2D eigenvalue weighted by Crippen LogP contribution is 2.17. The molecule has 114 valence electrons. The summed E-state index contributed by atoms with van der Waals surface area (Å²) in [5.74, 6) is -0.723. The minimum absolute atomic E-state index is 0.327. The second-order valence-corrected chi connectivity index (χ2v) is 4.59. The number of esters is 2. The van der Waals surface area contributed by atoms with Crippen molar-refractivity contribution in [2.24, 2.45) is 7.05 Å². The molecule has 0 atom stereocenters. The van der Waals surface area contributed by atoms with Gasteiger partial charge in [-0.3, -0.25) is 0 Å². The molecule has 0 unspecified atom stereocenters. The predicted molar refractivity (Wildman–Crippen MR) is 80.9 cm³/mol. The predicted octanol–water partition coefficient (Wildman–Crippen LogP) is 2.64. The fourth-order valence-electron chi connectivity index (χ4n) is 1.81. The fourth-order valence-corrected chi connectivity index (χ4v) is 1.81. The lowest BCUT2D eigenvalue weighted by molar-refractivity contribution is -0.134. The molecule has 0 spiro atoms. The summed E-state index contributed by atoms with van der Waals surface area (Å²) in [6, 6.07) is 1.77. The number of hydrogen-bond acceptors (Lipinski definition) is 4. The van der Waals surface area contributed by atoms with Gasteiger partial charge in [0, 0.05) is 24.5 Å². The van der Waals surface area contributed by atoms with Crippen molar-refractivity contribution in [1.82, 2.24) is 4.57 Å². The number of carbonyl (C=O) groups is 2. The Morgan fingerprint density at radius 3 is 2.62 bits per heavy atom. The zero-order valence-electron chi connectivity index (χ0n) is 13.1. The van der Waals surface area contributed by atoms with E-state index in [2.05, 4.69) is 4.74 Å². The van der Waals surface area contributed by atoms with E-state index in [1.165, 1.54) is 13.2 Å². The van der Waals surface area contributed by atoms with E-state index >= 15 is 0 Å². The lowest BCUT2D eigenvalue weighted by Gasteiger charge is -2.02. The number of hydrogen-bond donors (Lipinski definition) is 0. The molecule has 1 aromatic heterocycles. The Bertz CT molecular complexity index is 594. The van der Waals surface area contributed by atoms with Crippen LogP contribution < -0.4 is 0 Å². The quantitative estimate of drug-likeness (QED) is 0.475. The molecule has 0 aromatic carbocycles. The number of methoxy groups -OCH3 is 1. The molecule has 0 aliphatic rings. The molecule has 1 aromatic rings. The van der Waals surface area contributed by atoms with Gasteiger partial charge in [0.05, 0.1) is 19.3 Å². The maximum Gasteiger partial charge on any atom is 0.339 e. The maximum absolute atomic E-state index is 11.8. The second kappa shape index (κ2) is 7.47. The van der Waals surface area contributed by atoms with Crippen LogP contribution in [0.15, 0.2) is 23.8 Å². The highest BCUT2D eigenvalue weighted by molar-refractivity contribution is 5.91. The van der Waals surface area contributed by atoms with Gasteiger partial charge in [-0.25, -0.2) is 9.59 Å². The smallest absolute Gasteiger partial charge is 0.339 e. The Balaban J connectivity index is 3.00. The van der Waals surface area contributed by atoms with Crippen LogP contribution in [0.25, 0.3) is 6.08 Å². The first-order valence-electron chi connectivity index (χ1n) is 6.68. The zero-order valence-corrected chi connectivity index (χ0v) is 13.1. The van der Waals surface area contributed by atoms with Gasteiger partial charge in [-0.2, -0.15) is 0 Å². The van der Waals surface area contributed by atoms with Gasteiger partial charge in [-0.1, -0.05) is 6.08 Å². The van der Waals surface area contributed by atoms with E-state index in [1.54, 1.807) is 26.0 Å². The van der Waals surface area contributed by atoms with E-state index in [0.29, 0.717) is 12.2 Å². The monoisotopic (exact) mass is 291 g/mol. The Kier molecular flexibility index (Phi) is 5.96. The van der Waals surface area contributed by atoms with Crippen LogP contribution in [0.3, 0.4) is 0 Å². The van der Waals surface area contributed by atoms with Crippen LogP contribution in [0.5, 0.6) is 0 Å². The molecule has 1 rings (SSSR count).